The quantitative estimate of drug-likeness (QED) is 0.813. The monoisotopic (exact) mass is 293 g/mol. The molecule has 1 aromatic heterocycles. The average molecular weight is 293 g/mol. The topological polar surface area (TPSA) is 83.3 Å². The maximum absolute atomic E-state index is 12.5. The van der Waals surface area contributed by atoms with E-state index in [1.54, 1.807) is 18.0 Å². The van der Waals surface area contributed by atoms with Crippen LogP contribution in [0.1, 0.15) is 49.1 Å². The highest BCUT2D eigenvalue weighted by Crippen LogP contribution is 2.22. The second-order valence-corrected chi connectivity index (χ2v) is 6.39. The third-order valence-corrected chi connectivity index (χ3v) is 4.37. The molecule has 1 aromatic rings. The summed E-state index contributed by atoms with van der Waals surface area (Å²) in [5, 5.41) is 21.6. The number of carbonyl (C=O) groups excluding carboxylic acids is 1. The second kappa shape index (κ2) is 5.73. The van der Waals surface area contributed by atoms with Gasteiger partial charge in [-0.1, -0.05) is 5.21 Å². The summed E-state index contributed by atoms with van der Waals surface area (Å²) in [5.41, 5.74) is -0.412. The number of aliphatic hydroxyl groups is 1. The van der Waals surface area contributed by atoms with Gasteiger partial charge in [0.15, 0.2) is 5.69 Å². The Balaban J connectivity index is 1.69. The number of rotatable bonds is 2. The molecule has 7 nitrogen and oxygen atoms in total. The van der Waals surface area contributed by atoms with Crippen LogP contribution in [0.3, 0.4) is 0 Å². The first-order valence-corrected chi connectivity index (χ1v) is 7.69. The predicted molar refractivity (Wildman–Crippen MR) is 76.9 cm³/mol. The molecule has 116 valence electrons. The summed E-state index contributed by atoms with van der Waals surface area (Å²) in [6.07, 6.45) is 5.33. The zero-order valence-electron chi connectivity index (χ0n) is 12.5. The third kappa shape index (κ3) is 3.24. The van der Waals surface area contributed by atoms with E-state index in [-0.39, 0.29) is 5.91 Å². The van der Waals surface area contributed by atoms with Gasteiger partial charge in [-0.15, -0.1) is 5.10 Å². The molecule has 0 spiro atoms. The van der Waals surface area contributed by atoms with Gasteiger partial charge in [0.2, 0.25) is 0 Å². The average Bonchev–Trinajstić information content (AvgIpc) is 2.96. The first kappa shape index (κ1) is 14.5. The van der Waals surface area contributed by atoms with Crippen molar-refractivity contribution in [1.82, 2.24) is 25.2 Å². The van der Waals surface area contributed by atoms with Gasteiger partial charge < -0.3 is 15.3 Å². The van der Waals surface area contributed by atoms with Gasteiger partial charge in [-0.3, -0.25) is 4.79 Å². The van der Waals surface area contributed by atoms with Crippen molar-refractivity contribution < 1.29 is 9.90 Å². The Kier molecular flexibility index (Phi) is 3.95. The summed E-state index contributed by atoms with van der Waals surface area (Å²) in [6.45, 7) is 4.77. The molecule has 2 saturated heterocycles. The molecular formula is C14H23N5O2. The number of carbonyl (C=O) groups is 1. The van der Waals surface area contributed by atoms with Crippen LogP contribution in [-0.2, 0) is 0 Å². The molecule has 3 heterocycles. The molecule has 2 aliphatic rings. The third-order valence-electron chi connectivity index (χ3n) is 4.37. The lowest BCUT2D eigenvalue weighted by atomic mass is 9.95. The normalized spacial score (nSPS) is 27.8. The van der Waals surface area contributed by atoms with Crippen molar-refractivity contribution in [3.8, 4) is 0 Å². The maximum Gasteiger partial charge on any atom is 0.276 e. The van der Waals surface area contributed by atoms with Crippen molar-refractivity contribution in [2.24, 2.45) is 0 Å². The number of nitrogens with one attached hydrogen (secondary N) is 1. The van der Waals surface area contributed by atoms with Crippen LogP contribution in [0.5, 0.6) is 0 Å². The number of hydrogen-bond acceptors (Lipinski definition) is 5. The lowest BCUT2D eigenvalue weighted by Gasteiger charge is -2.36. The van der Waals surface area contributed by atoms with E-state index in [9.17, 15) is 9.90 Å². The van der Waals surface area contributed by atoms with E-state index in [0.717, 1.165) is 38.8 Å². The van der Waals surface area contributed by atoms with Crippen molar-refractivity contribution in [1.29, 1.82) is 0 Å². The van der Waals surface area contributed by atoms with Crippen molar-refractivity contribution in [2.75, 3.05) is 26.2 Å². The van der Waals surface area contributed by atoms with Crippen LogP contribution in [0.25, 0.3) is 0 Å². The van der Waals surface area contributed by atoms with Crippen molar-refractivity contribution in [3.63, 3.8) is 0 Å². The number of amides is 1. The van der Waals surface area contributed by atoms with E-state index in [0.29, 0.717) is 24.8 Å². The van der Waals surface area contributed by atoms with E-state index in [4.69, 9.17) is 0 Å². The van der Waals surface area contributed by atoms with Gasteiger partial charge in [0, 0.05) is 13.1 Å². The number of piperidine rings is 2. The smallest absolute Gasteiger partial charge is 0.276 e. The number of aromatic nitrogens is 3. The van der Waals surface area contributed by atoms with Crippen molar-refractivity contribution in [2.45, 2.75) is 44.2 Å². The standard InChI is InChI=1S/C14H23N5O2/c1-14(21)5-2-8-18(10-14)13(20)12-9-19(17-16-12)11-3-6-15-7-4-11/h9,11,15,21H,2-8,10H2,1H3. The molecule has 1 atom stereocenters. The Morgan fingerprint density at radius 1 is 1.48 bits per heavy atom. The first-order chi connectivity index (χ1) is 10.1. The molecule has 2 fully saturated rings. The fraction of sp³-hybridized carbons (Fsp3) is 0.786. The zero-order chi connectivity index (χ0) is 14.9. The molecule has 2 N–H and O–H groups in total. The first-order valence-electron chi connectivity index (χ1n) is 7.69. The summed E-state index contributed by atoms with van der Waals surface area (Å²) in [4.78, 5) is 14.2. The summed E-state index contributed by atoms with van der Waals surface area (Å²) >= 11 is 0. The van der Waals surface area contributed by atoms with Crippen LogP contribution in [0.2, 0.25) is 0 Å². The van der Waals surface area contributed by atoms with Gasteiger partial charge in [-0.25, -0.2) is 4.68 Å². The Morgan fingerprint density at radius 3 is 2.95 bits per heavy atom. The molecule has 7 heteroatoms. The number of hydrogen-bond donors (Lipinski definition) is 2. The molecular weight excluding hydrogens is 270 g/mol. The summed E-state index contributed by atoms with van der Waals surface area (Å²) < 4.78 is 1.82. The molecule has 0 aliphatic carbocycles. The number of nitrogens with zero attached hydrogens (tertiary/aromatic N) is 4. The molecule has 1 amide bonds. The van der Waals surface area contributed by atoms with Crippen LogP contribution >= 0.6 is 0 Å². The molecule has 0 aromatic carbocycles. The fourth-order valence-corrected chi connectivity index (χ4v) is 3.18. The number of β-amino-alcohol motifs (C(OH)–C–C–N with tert-alkyl or cyclic N) is 1. The maximum atomic E-state index is 12.5. The molecule has 0 radical (unpaired) electrons. The largest absolute Gasteiger partial charge is 0.388 e. The molecule has 1 unspecified atom stereocenters. The summed E-state index contributed by atoms with van der Waals surface area (Å²) in [6, 6.07) is 0.324. The minimum absolute atomic E-state index is 0.129. The highest BCUT2D eigenvalue weighted by atomic mass is 16.3. The van der Waals surface area contributed by atoms with Gasteiger partial charge in [-0.05, 0) is 45.7 Å². The molecule has 2 aliphatic heterocycles. The van der Waals surface area contributed by atoms with Crippen molar-refractivity contribution >= 4 is 5.91 Å². The molecule has 21 heavy (non-hydrogen) atoms. The summed E-state index contributed by atoms with van der Waals surface area (Å²) in [7, 11) is 0. The van der Waals surface area contributed by atoms with Crippen molar-refractivity contribution in [3.05, 3.63) is 11.9 Å². The SMILES string of the molecule is CC1(O)CCCN(C(=O)c2cn(C3CCNCC3)nn2)C1. The van der Waals surface area contributed by atoms with E-state index in [2.05, 4.69) is 15.6 Å². The van der Waals surface area contributed by atoms with E-state index < -0.39 is 5.60 Å². The highest BCUT2D eigenvalue weighted by Gasteiger charge is 2.32. The minimum Gasteiger partial charge on any atom is -0.388 e. The number of likely N-dealkylation sites (tertiary alicyclic amines) is 1. The Bertz CT molecular complexity index is 507. The van der Waals surface area contributed by atoms with Gasteiger partial charge in [0.25, 0.3) is 5.91 Å². The fourth-order valence-electron chi connectivity index (χ4n) is 3.18. The summed E-state index contributed by atoms with van der Waals surface area (Å²) in [5.74, 6) is -0.129. The van der Waals surface area contributed by atoms with Crippen LogP contribution in [-0.4, -0.2) is 62.7 Å². The lowest BCUT2D eigenvalue weighted by Crippen LogP contribution is -2.48. The van der Waals surface area contributed by atoms with Crippen LogP contribution < -0.4 is 5.32 Å². The molecule has 3 rings (SSSR count). The van der Waals surface area contributed by atoms with Gasteiger partial charge in [0.05, 0.1) is 17.8 Å². The van der Waals surface area contributed by atoms with E-state index in [1.807, 2.05) is 4.68 Å². The lowest BCUT2D eigenvalue weighted by molar-refractivity contribution is -0.0109. The van der Waals surface area contributed by atoms with E-state index in [1.165, 1.54) is 0 Å². The molecule has 0 saturated carbocycles. The second-order valence-electron chi connectivity index (χ2n) is 6.39. The minimum atomic E-state index is -0.793. The van der Waals surface area contributed by atoms with Crippen LogP contribution in [0.15, 0.2) is 6.20 Å². The highest BCUT2D eigenvalue weighted by molar-refractivity contribution is 5.92. The van der Waals surface area contributed by atoms with Crippen LogP contribution in [0.4, 0.5) is 0 Å². The Hall–Kier alpha value is -1.47. The Morgan fingerprint density at radius 2 is 2.24 bits per heavy atom. The van der Waals surface area contributed by atoms with Gasteiger partial charge >= 0.3 is 0 Å². The van der Waals surface area contributed by atoms with Gasteiger partial charge in [-0.2, -0.15) is 0 Å². The van der Waals surface area contributed by atoms with Gasteiger partial charge in [0.1, 0.15) is 0 Å². The van der Waals surface area contributed by atoms with E-state index >= 15 is 0 Å². The predicted octanol–water partition coefficient (Wildman–Crippen LogP) is 0.190. The zero-order valence-corrected chi connectivity index (χ0v) is 12.5. The Labute approximate surface area is 124 Å². The molecule has 0 bridgehead atoms. The van der Waals surface area contributed by atoms with Crippen LogP contribution in [0, 0.1) is 0 Å².